The van der Waals surface area contributed by atoms with Crippen molar-refractivity contribution in [3.8, 4) is 11.3 Å². The van der Waals surface area contributed by atoms with E-state index in [1.54, 1.807) is 18.0 Å². The van der Waals surface area contributed by atoms with Gasteiger partial charge in [-0.3, -0.25) is 9.48 Å². The Morgan fingerprint density at radius 3 is 2.62 bits per heavy atom. The van der Waals surface area contributed by atoms with Crippen LogP contribution in [0.15, 0.2) is 24.5 Å². The van der Waals surface area contributed by atoms with E-state index in [1.165, 1.54) is 0 Å². The first kappa shape index (κ1) is 24.9. The summed E-state index contributed by atoms with van der Waals surface area (Å²) >= 11 is 0. The highest BCUT2D eigenvalue weighted by Crippen LogP contribution is 2.36. The molecule has 1 saturated carbocycles. The number of hydrogen-bond acceptors (Lipinski definition) is 8. The summed E-state index contributed by atoms with van der Waals surface area (Å²) in [6.45, 7) is 4.00. The van der Waals surface area contributed by atoms with Crippen LogP contribution < -0.4 is 4.90 Å². The Kier molecular flexibility index (Phi) is 6.67. The van der Waals surface area contributed by atoms with Crippen LogP contribution in [0.4, 0.5) is 19.1 Å². The van der Waals surface area contributed by atoms with Gasteiger partial charge in [0.05, 0.1) is 42.8 Å². The molecule has 0 amide bonds. The third-order valence-electron chi connectivity index (χ3n) is 6.24. The third-order valence-corrected chi connectivity index (χ3v) is 6.24. The van der Waals surface area contributed by atoms with E-state index in [9.17, 15) is 22.8 Å². The number of nitrogens with zero attached hydrogens (tertiary/aromatic N) is 5. The lowest BCUT2D eigenvalue weighted by atomic mass is 10.0. The van der Waals surface area contributed by atoms with Crippen LogP contribution in [0, 0.1) is 17.5 Å². The molecule has 0 unspecified atom stereocenters. The van der Waals surface area contributed by atoms with Crippen molar-refractivity contribution < 1.29 is 32.2 Å². The van der Waals surface area contributed by atoms with Gasteiger partial charge in [0.15, 0.2) is 23.6 Å². The van der Waals surface area contributed by atoms with E-state index in [-0.39, 0.29) is 37.2 Å². The molecule has 3 aromatic rings. The fourth-order valence-corrected chi connectivity index (χ4v) is 4.33. The average molecular weight is 515 g/mol. The number of rotatable bonds is 7. The second kappa shape index (κ2) is 9.92. The Bertz CT molecular complexity index is 1360. The summed E-state index contributed by atoms with van der Waals surface area (Å²) in [6, 6.07) is 1.34. The van der Waals surface area contributed by atoms with Gasteiger partial charge in [-0.2, -0.15) is 5.10 Å². The standard InChI is InChI=1S/C25H24F3N5O4/c1-3-36-24(35)23-17(12-34)22(16-6-19(27)20(28)7-18(16)26)30-25(31-23)32-9-13(2)37-21(11-32)14-8-29-33(10-14)15-4-5-15/h6-8,10,12-13,15,21H,3-5,9,11H2,1-2H3/t13-,21-/m1/s1. The van der Waals surface area contributed by atoms with Crippen molar-refractivity contribution in [2.75, 3.05) is 24.6 Å². The molecule has 194 valence electrons. The van der Waals surface area contributed by atoms with Crippen LogP contribution in [0.1, 0.15) is 65.2 Å². The molecule has 2 atom stereocenters. The topological polar surface area (TPSA) is 99.4 Å². The molecule has 1 aliphatic heterocycles. The molecule has 0 radical (unpaired) electrons. The lowest BCUT2D eigenvalue weighted by molar-refractivity contribution is -0.0179. The van der Waals surface area contributed by atoms with Crippen LogP contribution in [0.2, 0.25) is 0 Å². The van der Waals surface area contributed by atoms with Crippen LogP contribution >= 0.6 is 0 Å². The fraction of sp³-hybridized carbons (Fsp3) is 0.400. The summed E-state index contributed by atoms with van der Waals surface area (Å²) < 4.78 is 55.5. The minimum atomic E-state index is -1.40. The first-order valence-corrected chi connectivity index (χ1v) is 11.9. The number of carbonyl (C=O) groups excluding carboxylic acids is 2. The number of aldehydes is 1. The minimum absolute atomic E-state index is 0.00696. The highest BCUT2D eigenvalue weighted by atomic mass is 19.2. The molecule has 2 aromatic heterocycles. The van der Waals surface area contributed by atoms with Crippen LogP contribution in [-0.2, 0) is 9.47 Å². The summed E-state index contributed by atoms with van der Waals surface area (Å²) in [7, 11) is 0. The van der Waals surface area contributed by atoms with Gasteiger partial charge in [0.2, 0.25) is 5.95 Å². The molecule has 1 aliphatic carbocycles. The van der Waals surface area contributed by atoms with Crippen molar-refractivity contribution in [1.29, 1.82) is 0 Å². The van der Waals surface area contributed by atoms with E-state index in [0.29, 0.717) is 24.7 Å². The zero-order valence-electron chi connectivity index (χ0n) is 20.2. The molecule has 0 bridgehead atoms. The lowest BCUT2D eigenvalue weighted by Gasteiger charge is -2.36. The zero-order valence-corrected chi connectivity index (χ0v) is 20.2. The van der Waals surface area contributed by atoms with E-state index in [1.807, 2.05) is 17.8 Å². The van der Waals surface area contributed by atoms with Crippen molar-refractivity contribution in [1.82, 2.24) is 19.7 Å². The summed E-state index contributed by atoms with van der Waals surface area (Å²) in [5.41, 5.74) is -0.783. The molecule has 2 aliphatic rings. The molecule has 1 aromatic carbocycles. The van der Waals surface area contributed by atoms with Gasteiger partial charge >= 0.3 is 5.97 Å². The van der Waals surface area contributed by atoms with Gasteiger partial charge in [-0.05, 0) is 32.8 Å². The van der Waals surface area contributed by atoms with E-state index in [0.717, 1.165) is 18.4 Å². The van der Waals surface area contributed by atoms with Crippen LogP contribution in [0.25, 0.3) is 11.3 Å². The Morgan fingerprint density at radius 1 is 1.16 bits per heavy atom. The van der Waals surface area contributed by atoms with Gasteiger partial charge in [-0.1, -0.05) is 0 Å². The number of ether oxygens (including phenoxy) is 2. The summed E-state index contributed by atoms with van der Waals surface area (Å²) in [5, 5.41) is 4.41. The van der Waals surface area contributed by atoms with Crippen LogP contribution in [0.5, 0.6) is 0 Å². The van der Waals surface area contributed by atoms with Crippen molar-refractivity contribution in [3.05, 3.63) is 58.8 Å². The first-order chi connectivity index (χ1) is 17.8. The monoisotopic (exact) mass is 515 g/mol. The number of anilines is 1. The maximum absolute atomic E-state index is 14.8. The third kappa shape index (κ3) is 4.93. The molecule has 9 nitrogen and oxygen atoms in total. The van der Waals surface area contributed by atoms with Gasteiger partial charge in [0.1, 0.15) is 11.9 Å². The van der Waals surface area contributed by atoms with Gasteiger partial charge in [0, 0.05) is 29.9 Å². The largest absolute Gasteiger partial charge is 0.461 e. The molecule has 3 heterocycles. The molecular formula is C25H24F3N5O4. The molecule has 2 fully saturated rings. The minimum Gasteiger partial charge on any atom is -0.461 e. The zero-order chi connectivity index (χ0) is 26.3. The Balaban J connectivity index is 1.59. The molecule has 0 spiro atoms. The predicted molar refractivity (Wildman–Crippen MR) is 125 cm³/mol. The summed E-state index contributed by atoms with van der Waals surface area (Å²) in [4.78, 5) is 35.1. The predicted octanol–water partition coefficient (Wildman–Crippen LogP) is 4.05. The van der Waals surface area contributed by atoms with E-state index >= 15 is 0 Å². The van der Waals surface area contributed by atoms with Crippen molar-refractivity contribution in [2.45, 2.75) is 44.9 Å². The van der Waals surface area contributed by atoms with Gasteiger partial charge in [-0.15, -0.1) is 0 Å². The molecule has 1 saturated heterocycles. The number of benzene rings is 1. The second-order valence-electron chi connectivity index (χ2n) is 9.04. The van der Waals surface area contributed by atoms with Crippen molar-refractivity contribution in [2.24, 2.45) is 0 Å². The number of aromatic nitrogens is 4. The number of halogens is 3. The SMILES string of the molecule is CCOC(=O)c1nc(N2C[C@@H](C)O[C@@H](c3cnn(C4CC4)c3)C2)nc(-c2cc(F)c(F)cc2F)c1C=O. The van der Waals surface area contributed by atoms with E-state index in [2.05, 4.69) is 15.1 Å². The number of morpholine rings is 1. The normalized spacial score (nSPS) is 19.6. The summed E-state index contributed by atoms with van der Waals surface area (Å²) in [5.74, 6) is -4.82. The maximum Gasteiger partial charge on any atom is 0.357 e. The smallest absolute Gasteiger partial charge is 0.357 e. The van der Waals surface area contributed by atoms with Crippen LogP contribution in [-0.4, -0.2) is 57.8 Å². The van der Waals surface area contributed by atoms with Crippen molar-refractivity contribution >= 4 is 18.2 Å². The Labute approximate surface area is 210 Å². The molecule has 12 heteroatoms. The summed E-state index contributed by atoms with van der Waals surface area (Å²) in [6.07, 6.45) is 5.40. The highest BCUT2D eigenvalue weighted by Gasteiger charge is 2.33. The van der Waals surface area contributed by atoms with Crippen LogP contribution in [0.3, 0.4) is 0 Å². The number of esters is 1. The molecule has 5 rings (SSSR count). The van der Waals surface area contributed by atoms with Crippen molar-refractivity contribution in [3.63, 3.8) is 0 Å². The quantitative estimate of drug-likeness (QED) is 0.264. The van der Waals surface area contributed by atoms with Gasteiger partial charge in [-0.25, -0.2) is 27.9 Å². The lowest BCUT2D eigenvalue weighted by Crippen LogP contribution is -2.44. The molecule has 0 N–H and O–H groups in total. The number of hydrogen-bond donors (Lipinski definition) is 0. The average Bonchev–Trinajstić information content (AvgIpc) is 3.61. The van der Waals surface area contributed by atoms with Gasteiger partial charge in [0.25, 0.3) is 0 Å². The first-order valence-electron chi connectivity index (χ1n) is 11.9. The second-order valence-corrected chi connectivity index (χ2v) is 9.04. The molecule has 37 heavy (non-hydrogen) atoms. The van der Waals surface area contributed by atoms with Gasteiger partial charge < -0.3 is 14.4 Å². The Morgan fingerprint density at radius 2 is 1.92 bits per heavy atom. The fourth-order valence-electron chi connectivity index (χ4n) is 4.33. The Hall–Kier alpha value is -3.80. The highest BCUT2D eigenvalue weighted by molar-refractivity contribution is 6.01. The van der Waals surface area contributed by atoms with E-state index in [4.69, 9.17) is 9.47 Å². The van der Waals surface area contributed by atoms with E-state index < -0.39 is 46.3 Å². The molecular weight excluding hydrogens is 491 g/mol. The maximum atomic E-state index is 14.8. The number of carbonyl (C=O) groups is 2.